The molecule has 0 amide bonds. The van der Waals surface area contributed by atoms with Crippen LogP contribution in [0.5, 0.6) is 0 Å². The number of anilines is 1. The molecule has 34 heavy (non-hydrogen) atoms. The summed E-state index contributed by atoms with van der Waals surface area (Å²) in [7, 11) is -17.1. The van der Waals surface area contributed by atoms with Gasteiger partial charge in [-0.05, 0) is 0 Å². The number of aliphatic hydroxyl groups excluding tert-OH is 2. The maximum Gasteiger partial charge on any atom is 0.490 e. The van der Waals surface area contributed by atoms with Gasteiger partial charge in [0.2, 0.25) is 5.95 Å². The number of nitrogens with one attached hydrogen (secondary N) is 1. The Hall–Kier alpha value is -2.00. The number of phosphoric ester groups is 1. The third kappa shape index (κ3) is 5.46. The molecular formula is C12H16N5O14P3. The predicted molar refractivity (Wildman–Crippen MR) is 106 cm³/mol. The van der Waals surface area contributed by atoms with Gasteiger partial charge in [0.25, 0.3) is 5.56 Å². The number of H-pyrrole nitrogens is 1. The number of hydrogen-bond donors (Lipinski definition) is 8. The molecule has 3 rings (SSSR count). The van der Waals surface area contributed by atoms with Gasteiger partial charge in [-0.1, -0.05) is 5.92 Å². The quantitative estimate of drug-likeness (QED) is 0.127. The molecule has 1 saturated heterocycles. The van der Waals surface area contributed by atoms with Gasteiger partial charge in [-0.15, -0.1) is 6.42 Å². The molecule has 0 bridgehead atoms. The molecule has 6 atom stereocenters. The number of fused-ring (bicyclic) bond motifs is 1. The second-order valence-electron chi connectivity index (χ2n) is 6.62. The first-order valence-corrected chi connectivity index (χ1v) is 13.0. The van der Waals surface area contributed by atoms with E-state index in [4.69, 9.17) is 26.7 Å². The van der Waals surface area contributed by atoms with Crippen molar-refractivity contribution in [1.82, 2.24) is 19.5 Å². The first-order valence-electron chi connectivity index (χ1n) is 8.51. The van der Waals surface area contributed by atoms with Crippen LogP contribution < -0.4 is 11.3 Å². The molecule has 0 spiro atoms. The molecule has 1 aliphatic heterocycles. The van der Waals surface area contributed by atoms with Gasteiger partial charge in [-0.3, -0.25) is 18.9 Å². The molecule has 0 saturated carbocycles. The van der Waals surface area contributed by atoms with E-state index >= 15 is 0 Å². The third-order valence-corrected chi connectivity index (χ3v) is 8.03. The Morgan fingerprint density at radius 1 is 1.24 bits per heavy atom. The van der Waals surface area contributed by atoms with Crippen molar-refractivity contribution in [1.29, 1.82) is 0 Å². The highest BCUT2D eigenvalue weighted by Gasteiger charge is 2.56. The molecule has 1 fully saturated rings. The lowest BCUT2D eigenvalue weighted by atomic mass is 9.97. The van der Waals surface area contributed by atoms with Crippen LogP contribution in [0.25, 0.3) is 11.2 Å². The largest absolute Gasteiger partial charge is 0.490 e. The molecule has 0 aromatic carbocycles. The minimum atomic E-state index is -5.81. The summed E-state index contributed by atoms with van der Waals surface area (Å²) in [6.07, 6.45) is 0.883. The van der Waals surface area contributed by atoms with E-state index in [0.717, 1.165) is 10.9 Å². The van der Waals surface area contributed by atoms with Crippen LogP contribution in [0.1, 0.15) is 6.23 Å². The Morgan fingerprint density at radius 3 is 2.47 bits per heavy atom. The van der Waals surface area contributed by atoms with Gasteiger partial charge in [0.05, 0.1) is 6.33 Å². The van der Waals surface area contributed by atoms with Crippen molar-refractivity contribution in [3.8, 4) is 12.3 Å². The molecule has 2 unspecified atom stereocenters. The van der Waals surface area contributed by atoms with Gasteiger partial charge in [0.15, 0.2) is 23.0 Å². The lowest BCUT2D eigenvalue weighted by Gasteiger charge is -2.27. The van der Waals surface area contributed by atoms with Gasteiger partial charge < -0.3 is 40.3 Å². The van der Waals surface area contributed by atoms with E-state index < -0.39 is 59.7 Å². The van der Waals surface area contributed by atoms with E-state index in [1.807, 2.05) is 5.92 Å². The fraction of sp³-hybridized carbons (Fsp3) is 0.417. The van der Waals surface area contributed by atoms with Crippen molar-refractivity contribution in [2.75, 3.05) is 12.3 Å². The monoisotopic (exact) mass is 547 g/mol. The number of phosphoric acid groups is 3. The van der Waals surface area contributed by atoms with E-state index in [2.05, 4.69) is 28.1 Å². The number of terminal acetylenes is 1. The van der Waals surface area contributed by atoms with Gasteiger partial charge in [-0.2, -0.15) is 13.6 Å². The predicted octanol–water partition coefficient (Wildman–Crippen LogP) is -2.33. The smallest absolute Gasteiger partial charge is 0.386 e. The second-order valence-corrected chi connectivity index (χ2v) is 11.0. The molecule has 2 aromatic heterocycles. The number of hydrogen-bond acceptors (Lipinski definition) is 13. The summed E-state index contributed by atoms with van der Waals surface area (Å²) in [5, 5.41) is 20.9. The lowest BCUT2D eigenvalue weighted by molar-refractivity contribution is -0.0894. The molecular weight excluding hydrogens is 531 g/mol. The standard InChI is InChI=1S/C12H16N5O14P3/c1-2-12(3-28-33(24,25)31-34(26,27)30-32(21,22)23)7(19)6(18)10(29-12)17-4-14-5-8(17)15-11(13)16-9(5)20/h1,4,6-7,10,18-19H,3H2,(H,24,25)(H,26,27)(H2,21,22,23)(H3,13,15,16,20)/t6-,7+,10-,12-/m1/s1. The number of nitrogen functional groups attached to an aromatic ring is 1. The van der Waals surface area contributed by atoms with Crippen molar-refractivity contribution in [3.63, 3.8) is 0 Å². The Kier molecular flexibility index (Phi) is 6.96. The van der Waals surface area contributed by atoms with Crippen molar-refractivity contribution in [2.45, 2.75) is 24.0 Å². The zero-order valence-corrected chi connectivity index (χ0v) is 19.0. The summed E-state index contributed by atoms with van der Waals surface area (Å²) in [6, 6.07) is 0. The minimum absolute atomic E-state index is 0.182. The number of ether oxygens (including phenoxy) is 1. The zero-order valence-electron chi connectivity index (χ0n) is 16.3. The summed E-state index contributed by atoms with van der Waals surface area (Å²) in [5.41, 5.74) is 1.97. The molecule has 188 valence electrons. The maximum atomic E-state index is 12.0. The number of imidazole rings is 1. The Morgan fingerprint density at radius 2 is 1.88 bits per heavy atom. The SMILES string of the molecule is C#C[C@]1(COP(=O)(O)OP(=O)(O)OP(=O)(O)O)O[C@@H](n2cnc3c(=O)[nH]c(N)nc32)[C@H](O)[C@@H]1O. The highest BCUT2D eigenvalue weighted by atomic mass is 31.3. The fourth-order valence-corrected chi connectivity index (χ4v) is 5.95. The van der Waals surface area contributed by atoms with Crippen LogP contribution >= 0.6 is 23.5 Å². The average molecular weight is 547 g/mol. The second kappa shape index (κ2) is 8.90. The van der Waals surface area contributed by atoms with Gasteiger partial charge in [-0.25, -0.2) is 18.7 Å². The maximum absolute atomic E-state index is 12.0. The first-order chi connectivity index (χ1) is 15.5. The van der Waals surface area contributed by atoms with Crippen LogP contribution in [0.3, 0.4) is 0 Å². The molecule has 0 aliphatic carbocycles. The van der Waals surface area contributed by atoms with Gasteiger partial charge in [0, 0.05) is 0 Å². The number of aromatic nitrogens is 4. The molecule has 22 heteroatoms. The highest BCUT2D eigenvalue weighted by Crippen LogP contribution is 2.66. The van der Waals surface area contributed by atoms with E-state index in [-0.39, 0.29) is 17.1 Å². The summed E-state index contributed by atoms with van der Waals surface area (Å²) in [6.45, 7) is -1.26. The van der Waals surface area contributed by atoms with E-state index in [1.54, 1.807) is 0 Å². The molecule has 3 heterocycles. The zero-order chi connectivity index (χ0) is 25.7. The van der Waals surface area contributed by atoms with Crippen molar-refractivity contribution >= 4 is 40.6 Å². The minimum Gasteiger partial charge on any atom is -0.386 e. The number of nitrogens with zero attached hydrogens (tertiary/aromatic N) is 3. The number of aromatic amines is 1. The van der Waals surface area contributed by atoms with Crippen molar-refractivity contribution < 1.29 is 61.4 Å². The normalized spacial score (nSPS) is 28.9. The molecule has 19 nitrogen and oxygen atoms in total. The Bertz CT molecular complexity index is 1350. The average Bonchev–Trinajstić information content (AvgIpc) is 3.18. The topological polar surface area (TPSA) is 299 Å². The van der Waals surface area contributed by atoms with Crippen LogP contribution in [-0.4, -0.2) is 73.7 Å². The highest BCUT2D eigenvalue weighted by molar-refractivity contribution is 7.66. The van der Waals surface area contributed by atoms with Crippen LogP contribution in [-0.2, 0) is 31.6 Å². The van der Waals surface area contributed by atoms with Crippen molar-refractivity contribution in [2.24, 2.45) is 0 Å². The summed E-state index contributed by atoms with van der Waals surface area (Å²) < 4.78 is 52.1. The molecule has 0 radical (unpaired) electrons. The Balaban J connectivity index is 1.84. The number of nitrogens with two attached hydrogens (primary N) is 1. The van der Waals surface area contributed by atoms with E-state index in [9.17, 15) is 38.5 Å². The summed E-state index contributed by atoms with van der Waals surface area (Å²) in [5.74, 6) is 1.60. The van der Waals surface area contributed by atoms with E-state index in [1.165, 1.54) is 0 Å². The molecule has 9 N–H and O–H groups in total. The molecule has 1 aliphatic rings. The van der Waals surface area contributed by atoms with Crippen molar-refractivity contribution in [3.05, 3.63) is 16.7 Å². The summed E-state index contributed by atoms with van der Waals surface area (Å²) in [4.78, 5) is 57.7. The fourth-order valence-electron chi connectivity index (χ4n) is 2.90. The number of aliphatic hydroxyl groups is 2. The van der Waals surface area contributed by atoms with Crippen LogP contribution in [0.2, 0.25) is 0 Å². The van der Waals surface area contributed by atoms with E-state index in [0.29, 0.717) is 0 Å². The molecule has 2 aromatic rings. The third-order valence-electron chi connectivity index (χ3n) is 4.25. The Labute approximate surface area is 187 Å². The van der Waals surface area contributed by atoms with Gasteiger partial charge >= 0.3 is 23.5 Å². The number of rotatable bonds is 8. The summed E-state index contributed by atoms with van der Waals surface area (Å²) >= 11 is 0. The van der Waals surface area contributed by atoms with Gasteiger partial charge in [0.1, 0.15) is 18.8 Å². The van der Waals surface area contributed by atoms with Crippen LogP contribution in [0.4, 0.5) is 5.95 Å². The first kappa shape index (κ1) is 26.6. The lowest BCUT2D eigenvalue weighted by Crippen LogP contribution is -2.45. The van der Waals surface area contributed by atoms with Crippen LogP contribution in [0, 0.1) is 12.3 Å². The van der Waals surface area contributed by atoms with Crippen LogP contribution in [0.15, 0.2) is 11.1 Å².